The standard InChI is InChI=1S/C13H17Cl2N3O/c1-2-3-18-8-9(4-13(18)19)17-5-10-11(14)6-16-7-12(10)15/h6-7,9,17H,2-5,8H2,1H3. The van der Waals surface area contributed by atoms with Crippen LogP contribution in [0.3, 0.4) is 0 Å². The van der Waals surface area contributed by atoms with Crippen molar-refractivity contribution in [1.29, 1.82) is 0 Å². The molecule has 4 nitrogen and oxygen atoms in total. The first kappa shape index (κ1) is 14.6. The van der Waals surface area contributed by atoms with Crippen LogP contribution in [0.15, 0.2) is 12.4 Å². The highest BCUT2D eigenvalue weighted by molar-refractivity contribution is 6.35. The summed E-state index contributed by atoms with van der Waals surface area (Å²) in [4.78, 5) is 17.6. The summed E-state index contributed by atoms with van der Waals surface area (Å²) >= 11 is 12.1. The molecule has 1 N–H and O–H groups in total. The van der Waals surface area contributed by atoms with Gasteiger partial charge in [0.2, 0.25) is 5.91 Å². The Hall–Kier alpha value is -0.840. The molecule has 0 bridgehead atoms. The predicted molar refractivity (Wildman–Crippen MR) is 76.4 cm³/mol. The van der Waals surface area contributed by atoms with Crippen molar-refractivity contribution >= 4 is 29.1 Å². The Bertz CT molecular complexity index is 447. The maximum Gasteiger partial charge on any atom is 0.224 e. The molecule has 1 aliphatic heterocycles. The number of nitrogens with one attached hydrogen (secondary N) is 1. The maximum atomic E-state index is 11.7. The van der Waals surface area contributed by atoms with Crippen LogP contribution in [-0.4, -0.2) is 34.9 Å². The van der Waals surface area contributed by atoms with Gasteiger partial charge in [0.1, 0.15) is 0 Å². The molecule has 0 aromatic carbocycles. The molecular weight excluding hydrogens is 285 g/mol. The van der Waals surface area contributed by atoms with E-state index >= 15 is 0 Å². The first-order valence-corrected chi connectivity index (χ1v) is 7.16. The smallest absolute Gasteiger partial charge is 0.224 e. The minimum Gasteiger partial charge on any atom is -0.341 e. The van der Waals surface area contributed by atoms with Gasteiger partial charge in [-0.3, -0.25) is 9.78 Å². The van der Waals surface area contributed by atoms with E-state index in [1.165, 1.54) is 0 Å². The first-order chi connectivity index (χ1) is 9.11. The van der Waals surface area contributed by atoms with Crippen molar-refractivity contribution in [1.82, 2.24) is 15.2 Å². The minimum absolute atomic E-state index is 0.166. The van der Waals surface area contributed by atoms with E-state index in [9.17, 15) is 4.79 Å². The summed E-state index contributed by atoms with van der Waals surface area (Å²) in [6.45, 7) is 4.21. The second kappa shape index (κ2) is 6.55. The first-order valence-electron chi connectivity index (χ1n) is 6.40. The van der Waals surface area contributed by atoms with Crippen LogP contribution in [-0.2, 0) is 11.3 Å². The average Bonchev–Trinajstić information content (AvgIpc) is 2.70. The molecule has 1 unspecified atom stereocenters. The third-order valence-corrected chi connectivity index (χ3v) is 3.88. The van der Waals surface area contributed by atoms with Gasteiger partial charge in [0.25, 0.3) is 0 Å². The molecule has 1 aromatic rings. The monoisotopic (exact) mass is 301 g/mol. The van der Waals surface area contributed by atoms with E-state index in [1.807, 2.05) is 4.90 Å². The number of aromatic nitrogens is 1. The number of amides is 1. The van der Waals surface area contributed by atoms with Crippen LogP contribution < -0.4 is 5.32 Å². The highest BCUT2D eigenvalue weighted by atomic mass is 35.5. The second-order valence-electron chi connectivity index (χ2n) is 4.70. The molecule has 1 saturated heterocycles. The molecule has 0 spiro atoms. The lowest BCUT2D eigenvalue weighted by Crippen LogP contribution is -2.32. The van der Waals surface area contributed by atoms with E-state index in [0.29, 0.717) is 23.0 Å². The molecule has 0 aliphatic carbocycles. The largest absolute Gasteiger partial charge is 0.341 e. The van der Waals surface area contributed by atoms with Crippen LogP contribution in [0.1, 0.15) is 25.3 Å². The molecule has 2 rings (SSSR count). The summed E-state index contributed by atoms with van der Waals surface area (Å²) in [6.07, 6.45) is 4.68. The molecular formula is C13H17Cl2N3O. The molecule has 1 fully saturated rings. The lowest BCUT2D eigenvalue weighted by Gasteiger charge is -2.16. The lowest BCUT2D eigenvalue weighted by molar-refractivity contribution is -0.127. The van der Waals surface area contributed by atoms with E-state index in [-0.39, 0.29) is 11.9 Å². The van der Waals surface area contributed by atoms with Gasteiger partial charge in [-0.15, -0.1) is 0 Å². The normalized spacial score (nSPS) is 19.2. The average molecular weight is 302 g/mol. The van der Waals surface area contributed by atoms with E-state index in [2.05, 4.69) is 17.2 Å². The Morgan fingerprint density at radius 2 is 2.11 bits per heavy atom. The van der Waals surface area contributed by atoms with Crippen molar-refractivity contribution in [2.24, 2.45) is 0 Å². The van der Waals surface area contributed by atoms with Crippen LogP contribution in [0.2, 0.25) is 10.0 Å². The topological polar surface area (TPSA) is 45.2 Å². The molecule has 0 radical (unpaired) electrons. The highest BCUT2D eigenvalue weighted by Gasteiger charge is 2.28. The van der Waals surface area contributed by atoms with Crippen LogP contribution in [0.4, 0.5) is 0 Å². The van der Waals surface area contributed by atoms with Gasteiger partial charge in [-0.1, -0.05) is 30.1 Å². The van der Waals surface area contributed by atoms with Gasteiger partial charge in [-0.25, -0.2) is 0 Å². The maximum absolute atomic E-state index is 11.7. The van der Waals surface area contributed by atoms with Gasteiger partial charge in [-0.2, -0.15) is 0 Å². The van der Waals surface area contributed by atoms with E-state index in [4.69, 9.17) is 23.2 Å². The second-order valence-corrected chi connectivity index (χ2v) is 5.52. The SMILES string of the molecule is CCCN1CC(NCc2c(Cl)cncc2Cl)CC1=O. The summed E-state index contributed by atoms with van der Waals surface area (Å²) < 4.78 is 0. The number of pyridine rings is 1. The molecule has 1 amide bonds. The molecule has 104 valence electrons. The summed E-state index contributed by atoms with van der Waals surface area (Å²) in [5, 5.41) is 4.44. The molecule has 2 heterocycles. The predicted octanol–water partition coefficient (Wildman–Crippen LogP) is 2.49. The number of hydrogen-bond donors (Lipinski definition) is 1. The van der Waals surface area contributed by atoms with Crippen LogP contribution in [0.5, 0.6) is 0 Å². The van der Waals surface area contributed by atoms with Gasteiger partial charge in [0.05, 0.1) is 10.0 Å². The number of carbonyl (C=O) groups is 1. The lowest BCUT2D eigenvalue weighted by atomic mass is 10.2. The number of halogens is 2. The molecule has 1 atom stereocenters. The minimum atomic E-state index is 0.166. The zero-order chi connectivity index (χ0) is 13.8. The molecule has 0 saturated carbocycles. The van der Waals surface area contributed by atoms with Crippen molar-refractivity contribution < 1.29 is 4.79 Å². The fraction of sp³-hybridized carbons (Fsp3) is 0.538. The molecule has 19 heavy (non-hydrogen) atoms. The molecule has 1 aromatic heterocycles. The van der Waals surface area contributed by atoms with Gasteiger partial charge in [-0.05, 0) is 6.42 Å². The van der Waals surface area contributed by atoms with Gasteiger partial charge >= 0.3 is 0 Å². The van der Waals surface area contributed by atoms with E-state index in [0.717, 1.165) is 25.1 Å². The Kier molecular flexibility index (Phi) is 5.02. The highest BCUT2D eigenvalue weighted by Crippen LogP contribution is 2.23. The Balaban J connectivity index is 1.92. The van der Waals surface area contributed by atoms with Crippen molar-refractivity contribution in [2.45, 2.75) is 32.4 Å². The zero-order valence-electron chi connectivity index (χ0n) is 10.8. The van der Waals surface area contributed by atoms with Gasteiger partial charge in [0.15, 0.2) is 0 Å². The molecule has 6 heteroatoms. The van der Waals surface area contributed by atoms with Crippen LogP contribution >= 0.6 is 23.2 Å². The van der Waals surface area contributed by atoms with Gasteiger partial charge in [0, 0.05) is 50.1 Å². The van der Waals surface area contributed by atoms with Crippen molar-refractivity contribution in [3.63, 3.8) is 0 Å². The van der Waals surface area contributed by atoms with Crippen molar-refractivity contribution in [2.75, 3.05) is 13.1 Å². The number of carbonyl (C=O) groups excluding carboxylic acids is 1. The number of likely N-dealkylation sites (tertiary alicyclic amines) is 1. The summed E-state index contributed by atoms with van der Waals surface area (Å²) in [5.74, 6) is 0.214. The summed E-state index contributed by atoms with van der Waals surface area (Å²) in [5.41, 5.74) is 0.833. The van der Waals surface area contributed by atoms with E-state index in [1.54, 1.807) is 12.4 Å². The summed E-state index contributed by atoms with van der Waals surface area (Å²) in [6, 6.07) is 0.166. The summed E-state index contributed by atoms with van der Waals surface area (Å²) in [7, 11) is 0. The Morgan fingerprint density at radius 3 is 2.74 bits per heavy atom. The molecule has 1 aliphatic rings. The van der Waals surface area contributed by atoms with Gasteiger partial charge < -0.3 is 10.2 Å². The fourth-order valence-corrected chi connectivity index (χ4v) is 2.75. The van der Waals surface area contributed by atoms with Crippen LogP contribution in [0, 0.1) is 0 Å². The Labute approximate surface area is 123 Å². The number of rotatable bonds is 5. The number of nitrogens with zero attached hydrogens (tertiary/aromatic N) is 2. The quantitative estimate of drug-likeness (QED) is 0.909. The zero-order valence-corrected chi connectivity index (χ0v) is 12.3. The fourth-order valence-electron chi connectivity index (χ4n) is 2.25. The number of hydrogen-bond acceptors (Lipinski definition) is 3. The third kappa shape index (κ3) is 3.59. The van der Waals surface area contributed by atoms with Crippen molar-refractivity contribution in [3.05, 3.63) is 28.0 Å². The Morgan fingerprint density at radius 1 is 1.42 bits per heavy atom. The van der Waals surface area contributed by atoms with E-state index < -0.39 is 0 Å². The third-order valence-electron chi connectivity index (χ3n) is 3.23. The van der Waals surface area contributed by atoms with Crippen LogP contribution in [0.25, 0.3) is 0 Å². The van der Waals surface area contributed by atoms with Crippen molar-refractivity contribution in [3.8, 4) is 0 Å².